The van der Waals surface area contributed by atoms with E-state index in [4.69, 9.17) is 0 Å². The molecule has 1 aromatic carbocycles. The molecule has 0 radical (unpaired) electrons. The Morgan fingerprint density at radius 2 is 2.20 bits per heavy atom. The molecule has 1 aliphatic heterocycles. The van der Waals surface area contributed by atoms with Gasteiger partial charge >= 0.3 is 0 Å². The van der Waals surface area contributed by atoms with Crippen LogP contribution in [0.4, 0.5) is 4.39 Å². The van der Waals surface area contributed by atoms with E-state index in [9.17, 15) is 14.0 Å². The Morgan fingerprint density at radius 1 is 1.40 bits per heavy atom. The fourth-order valence-corrected chi connectivity index (χ4v) is 3.06. The number of piperazine rings is 1. The lowest BCUT2D eigenvalue weighted by molar-refractivity contribution is -0.128. The summed E-state index contributed by atoms with van der Waals surface area (Å²) in [6.45, 7) is 4.87. The third kappa shape index (κ3) is 3.70. The quantitative estimate of drug-likeness (QED) is 0.891. The summed E-state index contributed by atoms with van der Waals surface area (Å²) >= 11 is 0. The van der Waals surface area contributed by atoms with Gasteiger partial charge in [0, 0.05) is 18.8 Å². The normalized spacial score (nSPS) is 17.7. The molecule has 3 rings (SSSR count). The number of benzene rings is 1. The number of carbonyl (C=O) groups excluding carboxylic acids is 2. The molecular weight excluding hydrogens is 323 g/mol. The summed E-state index contributed by atoms with van der Waals surface area (Å²) in [6, 6.07) is 6.63. The zero-order valence-corrected chi connectivity index (χ0v) is 14.3. The van der Waals surface area contributed by atoms with Gasteiger partial charge in [0.25, 0.3) is 5.91 Å². The van der Waals surface area contributed by atoms with E-state index in [0.717, 1.165) is 12.1 Å². The molecule has 0 bridgehead atoms. The van der Waals surface area contributed by atoms with Gasteiger partial charge in [-0.2, -0.15) is 5.10 Å². The summed E-state index contributed by atoms with van der Waals surface area (Å²) < 4.78 is 13.6. The van der Waals surface area contributed by atoms with Crippen molar-refractivity contribution in [3.05, 3.63) is 53.1 Å². The summed E-state index contributed by atoms with van der Waals surface area (Å²) in [6.07, 6.45) is 0.786. The van der Waals surface area contributed by atoms with Crippen molar-refractivity contribution in [3.63, 3.8) is 0 Å². The van der Waals surface area contributed by atoms with Crippen molar-refractivity contribution < 1.29 is 14.0 Å². The van der Waals surface area contributed by atoms with Crippen LogP contribution in [0.3, 0.4) is 0 Å². The van der Waals surface area contributed by atoms with Crippen LogP contribution >= 0.6 is 0 Å². The number of nitrogens with zero attached hydrogens (tertiary/aromatic N) is 2. The first kappa shape index (κ1) is 17.1. The third-order valence-corrected chi connectivity index (χ3v) is 4.12. The molecule has 25 heavy (non-hydrogen) atoms. The fourth-order valence-electron chi connectivity index (χ4n) is 3.06. The minimum atomic E-state index is -0.859. The van der Waals surface area contributed by atoms with Gasteiger partial charge in [-0.25, -0.2) is 4.39 Å². The highest BCUT2D eigenvalue weighted by Gasteiger charge is 2.35. The average Bonchev–Trinajstić information content (AvgIpc) is 3.01. The van der Waals surface area contributed by atoms with Crippen LogP contribution in [0.2, 0.25) is 0 Å². The molecule has 2 aromatic rings. The highest BCUT2D eigenvalue weighted by Crippen LogP contribution is 2.25. The highest BCUT2D eigenvalue weighted by atomic mass is 19.1. The maximum atomic E-state index is 13.6. The van der Waals surface area contributed by atoms with Crippen LogP contribution < -0.4 is 5.32 Å². The first-order valence-electron chi connectivity index (χ1n) is 8.34. The molecule has 0 aliphatic carbocycles. The first-order chi connectivity index (χ1) is 12.0. The average molecular weight is 344 g/mol. The molecule has 132 valence electrons. The monoisotopic (exact) mass is 344 g/mol. The van der Waals surface area contributed by atoms with Crippen LogP contribution in [0.15, 0.2) is 30.3 Å². The molecule has 0 saturated carbocycles. The standard InChI is InChI=1S/C18H21FN4O2/c1-11(2)8-14-10-15(22-21-14)18(25)23-7-6-20-17(24)16(23)12-4-3-5-13(19)9-12/h3-5,9-11,16H,6-8H2,1-2H3,(H,20,24)(H,21,22). The Bertz CT molecular complexity index is 787. The topological polar surface area (TPSA) is 78.1 Å². The molecule has 1 aromatic heterocycles. The lowest BCUT2D eigenvalue weighted by Crippen LogP contribution is -2.52. The zero-order valence-electron chi connectivity index (χ0n) is 14.3. The Morgan fingerprint density at radius 3 is 2.92 bits per heavy atom. The number of rotatable bonds is 4. The molecule has 1 fully saturated rings. The van der Waals surface area contributed by atoms with Gasteiger partial charge in [-0.05, 0) is 36.1 Å². The second-order valence-corrected chi connectivity index (χ2v) is 6.62. The molecule has 1 unspecified atom stereocenters. The molecule has 2 N–H and O–H groups in total. The highest BCUT2D eigenvalue weighted by molar-refractivity contribution is 5.97. The zero-order chi connectivity index (χ0) is 18.0. The van der Waals surface area contributed by atoms with E-state index in [1.807, 2.05) is 0 Å². The number of hydrogen-bond acceptors (Lipinski definition) is 3. The van der Waals surface area contributed by atoms with E-state index >= 15 is 0 Å². The summed E-state index contributed by atoms with van der Waals surface area (Å²) in [5, 5.41) is 9.70. The Kier molecular flexibility index (Phi) is 4.83. The molecule has 1 aliphatic rings. The van der Waals surface area contributed by atoms with E-state index < -0.39 is 11.9 Å². The molecule has 1 saturated heterocycles. The number of carbonyl (C=O) groups is 2. The lowest BCUT2D eigenvalue weighted by atomic mass is 10.0. The van der Waals surface area contributed by atoms with Gasteiger partial charge in [0.15, 0.2) is 0 Å². The van der Waals surface area contributed by atoms with Gasteiger partial charge in [0.2, 0.25) is 5.91 Å². The summed E-state index contributed by atoms with van der Waals surface area (Å²) in [5.74, 6) is -0.662. The van der Waals surface area contributed by atoms with Crippen molar-refractivity contribution in [2.45, 2.75) is 26.3 Å². The van der Waals surface area contributed by atoms with E-state index in [-0.39, 0.29) is 17.5 Å². The largest absolute Gasteiger partial charge is 0.352 e. The molecule has 7 heteroatoms. The SMILES string of the molecule is CC(C)Cc1cc(C(=O)N2CCNC(=O)C2c2cccc(F)c2)n[nH]1. The fraction of sp³-hybridized carbons (Fsp3) is 0.389. The van der Waals surface area contributed by atoms with Crippen LogP contribution in [-0.2, 0) is 11.2 Å². The van der Waals surface area contributed by atoms with Crippen molar-refractivity contribution in [2.24, 2.45) is 5.92 Å². The van der Waals surface area contributed by atoms with Gasteiger partial charge in [-0.1, -0.05) is 26.0 Å². The smallest absolute Gasteiger partial charge is 0.275 e. The molecule has 1 atom stereocenters. The number of hydrogen-bond donors (Lipinski definition) is 2. The number of H-pyrrole nitrogens is 1. The second-order valence-electron chi connectivity index (χ2n) is 6.62. The molecule has 6 nitrogen and oxygen atoms in total. The van der Waals surface area contributed by atoms with Gasteiger partial charge in [-0.3, -0.25) is 14.7 Å². The minimum Gasteiger partial charge on any atom is -0.352 e. The van der Waals surface area contributed by atoms with E-state index in [1.54, 1.807) is 12.1 Å². The predicted octanol–water partition coefficient (Wildman–Crippen LogP) is 2.06. The molecule has 2 heterocycles. The third-order valence-electron chi connectivity index (χ3n) is 4.12. The van der Waals surface area contributed by atoms with Crippen LogP contribution in [0, 0.1) is 11.7 Å². The maximum Gasteiger partial charge on any atom is 0.275 e. The number of nitrogens with one attached hydrogen (secondary N) is 2. The summed E-state index contributed by atoms with van der Waals surface area (Å²) in [5.41, 5.74) is 1.59. The Hall–Kier alpha value is -2.70. The van der Waals surface area contributed by atoms with Gasteiger partial charge in [-0.15, -0.1) is 0 Å². The Labute approximate surface area is 145 Å². The maximum absolute atomic E-state index is 13.6. The van der Waals surface area contributed by atoms with Crippen LogP contribution in [-0.4, -0.2) is 40.0 Å². The van der Waals surface area contributed by atoms with Crippen molar-refractivity contribution >= 4 is 11.8 Å². The van der Waals surface area contributed by atoms with Gasteiger partial charge < -0.3 is 10.2 Å². The van der Waals surface area contributed by atoms with Crippen LogP contribution in [0.1, 0.15) is 41.6 Å². The number of amides is 2. The van der Waals surface area contributed by atoms with Gasteiger partial charge in [0.1, 0.15) is 17.6 Å². The van der Waals surface area contributed by atoms with Crippen molar-refractivity contribution in [1.29, 1.82) is 0 Å². The molecular formula is C18H21FN4O2. The lowest BCUT2D eigenvalue weighted by Gasteiger charge is -2.34. The van der Waals surface area contributed by atoms with E-state index in [2.05, 4.69) is 29.4 Å². The Balaban J connectivity index is 1.88. The van der Waals surface area contributed by atoms with Crippen molar-refractivity contribution in [3.8, 4) is 0 Å². The first-order valence-corrected chi connectivity index (χ1v) is 8.34. The summed E-state index contributed by atoms with van der Waals surface area (Å²) in [4.78, 5) is 26.7. The molecule has 2 amide bonds. The number of halogens is 1. The van der Waals surface area contributed by atoms with Crippen molar-refractivity contribution in [1.82, 2.24) is 20.4 Å². The summed E-state index contributed by atoms with van der Waals surface area (Å²) in [7, 11) is 0. The van der Waals surface area contributed by atoms with E-state index in [1.165, 1.54) is 23.1 Å². The van der Waals surface area contributed by atoms with Crippen LogP contribution in [0.5, 0.6) is 0 Å². The second kappa shape index (κ2) is 7.04. The minimum absolute atomic E-state index is 0.270. The molecule has 0 spiro atoms. The van der Waals surface area contributed by atoms with Gasteiger partial charge in [0.05, 0.1) is 0 Å². The van der Waals surface area contributed by atoms with E-state index in [0.29, 0.717) is 24.6 Å². The van der Waals surface area contributed by atoms with Crippen molar-refractivity contribution in [2.75, 3.05) is 13.1 Å². The predicted molar refractivity (Wildman–Crippen MR) is 90.3 cm³/mol. The number of aromatic nitrogens is 2. The van der Waals surface area contributed by atoms with Crippen LogP contribution in [0.25, 0.3) is 0 Å². The number of aromatic amines is 1.